The van der Waals surface area contributed by atoms with Crippen molar-refractivity contribution in [3.05, 3.63) is 60.3 Å². The zero-order chi connectivity index (χ0) is 13.2. The van der Waals surface area contributed by atoms with Gasteiger partial charge in [0.2, 0.25) is 0 Å². The Morgan fingerprint density at radius 2 is 1.95 bits per heavy atom. The Morgan fingerprint density at radius 3 is 2.74 bits per heavy atom. The van der Waals surface area contributed by atoms with Crippen LogP contribution in [-0.4, -0.2) is 10.9 Å². The fourth-order valence-corrected chi connectivity index (χ4v) is 1.99. The van der Waals surface area contributed by atoms with E-state index in [0.29, 0.717) is 5.89 Å². The Hall–Kier alpha value is -2.62. The minimum Gasteiger partial charge on any atom is -0.448 e. The maximum absolute atomic E-state index is 12.0. The quantitative estimate of drug-likeness (QED) is 0.760. The predicted octanol–water partition coefficient (Wildman–Crippen LogP) is 3.39. The summed E-state index contributed by atoms with van der Waals surface area (Å²) in [4.78, 5) is 16.0. The smallest absolute Gasteiger partial charge is 0.277 e. The number of hydrogen-bond donors (Lipinski definition) is 1. The van der Waals surface area contributed by atoms with Crippen molar-refractivity contribution in [2.24, 2.45) is 0 Å². The summed E-state index contributed by atoms with van der Waals surface area (Å²) in [5.41, 5.74) is 1.05. The Kier molecular flexibility index (Phi) is 2.76. The normalized spacial score (nSPS) is 10.6. The van der Waals surface area contributed by atoms with Crippen LogP contribution < -0.4 is 5.32 Å². The summed E-state index contributed by atoms with van der Waals surface area (Å²) in [5, 5.41) is 4.93. The van der Waals surface area contributed by atoms with Crippen molar-refractivity contribution >= 4 is 22.4 Å². The third kappa shape index (κ3) is 2.20. The Labute approximate surface area is 110 Å². The molecule has 4 nitrogen and oxygen atoms in total. The molecule has 0 radical (unpaired) electrons. The third-order valence-electron chi connectivity index (χ3n) is 2.89. The van der Waals surface area contributed by atoms with Gasteiger partial charge < -0.3 is 9.73 Å². The second-order valence-corrected chi connectivity index (χ2v) is 4.23. The zero-order valence-corrected chi connectivity index (χ0v) is 10.4. The third-order valence-corrected chi connectivity index (χ3v) is 2.89. The molecule has 0 aliphatic rings. The molecule has 0 saturated heterocycles. The summed E-state index contributed by atoms with van der Waals surface area (Å²) in [7, 11) is 0. The molecule has 1 heterocycles. The molecule has 1 N–H and O–H groups in total. The number of rotatable bonds is 2. The first-order chi connectivity index (χ1) is 9.24. The summed E-state index contributed by atoms with van der Waals surface area (Å²) in [6, 6.07) is 13.7. The van der Waals surface area contributed by atoms with E-state index in [2.05, 4.69) is 10.3 Å². The number of amides is 1. The van der Waals surface area contributed by atoms with Gasteiger partial charge in [0.1, 0.15) is 6.26 Å². The number of aromatic nitrogens is 1. The van der Waals surface area contributed by atoms with Crippen molar-refractivity contribution < 1.29 is 9.21 Å². The van der Waals surface area contributed by atoms with E-state index in [9.17, 15) is 4.79 Å². The van der Waals surface area contributed by atoms with Crippen LogP contribution in [0.3, 0.4) is 0 Å². The highest BCUT2D eigenvalue weighted by atomic mass is 16.3. The number of hydrogen-bond acceptors (Lipinski definition) is 3. The van der Waals surface area contributed by atoms with E-state index in [1.165, 1.54) is 6.26 Å². The average molecular weight is 252 g/mol. The molecule has 3 aromatic rings. The first-order valence-corrected chi connectivity index (χ1v) is 5.95. The number of fused-ring (bicyclic) bond motifs is 1. The van der Waals surface area contributed by atoms with Gasteiger partial charge in [0, 0.05) is 18.0 Å². The number of nitrogens with zero attached hydrogens (tertiary/aromatic N) is 1. The second-order valence-electron chi connectivity index (χ2n) is 4.23. The average Bonchev–Trinajstić information content (AvgIpc) is 2.86. The fourth-order valence-electron chi connectivity index (χ4n) is 1.99. The van der Waals surface area contributed by atoms with Crippen molar-refractivity contribution in [1.29, 1.82) is 0 Å². The van der Waals surface area contributed by atoms with Gasteiger partial charge in [-0.1, -0.05) is 36.4 Å². The van der Waals surface area contributed by atoms with Gasteiger partial charge >= 0.3 is 0 Å². The van der Waals surface area contributed by atoms with E-state index >= 15 is 0 Å². The van der Waals surface area contributed by atoms with E-state index in [1.807, 2.05) is 42.5 Å². The molecule has 0 aliphatic carbocycles. The van der Waals surface area contributed by atoms with E-state index in [0.717, 1.165) is 16.5 Å². The molecule has 4 heteroatoms. The van der Waals surface area contributed by atoms with Crippen LogP contribution in [0.25, 0.3) is 10.8 Å². The van der Waals surface area contributed by atoms with Crippen LogP contribution >= 0.6 is 0 Å². The molecule has 1 amide bonds. The summed E-state index contributed by atoms with van der Waals surface area (Å²) in [6.07, 6.45) is 1.36. The molecule has 3 rings (SSSR count). The monoisotopic (exact) mass is 252 g/mol. The van der Waals surface area contributed by atoms with E-state index in [1.54, 1.807) is 6.92 Å². The molecule has 94 valence electrons. The summed E-state index contributed by atoms with van der Waals surface area (Å²) in [6.45, 7) is 1.70. The fraction of sp³-hybridized carbons (Fsp3) is 0.0667. The lowest BCUT2D eigenvalue weighted by molar-refractivity contribution is 0.102. The van der Waals surface area contributed by atoms with Crippen molar-refractivity contribution in [2.75, 3.05) is 5.32 Å². The van der Waals surface area contributed by atoms with E-state index in [4.69, 9.17) is 4.42 Å². The van der Waals surface area contributed by atoms with E-state index < -0.39 is 0 Å². The molecule has 0 spiro atoms. The Balaban J connectivity index is 1.95. The maximum Gasteiger partial charge on any atom is 0.277 e. The first-order valence-electron chi connectivity index (χ1n) is 5.95. The zero-order valence-electron chi connectivity index (χ0n) is 10.4. The Bertz CT molecular complexity index is 741. The summed E-state index contributed by atoms with van der Waals surface area (Å²) < 4.78 is 5.04. The number of benzene rings is 2. The van der Waals surface area contributed by atoms with Gasteiger partial charge in [-0.15, -0.1) is 0 Å². The molecule has 0 saturated carbocycles. The van der Waals surface area contributed by atoms with Crippen molar-refractivity contribution in [3.8, 4) is 0 Å². The molecule has 2 aromatic carbocycles. The molecular weight excluding hydrogens is 240 g/mol. The van der Waals surface area contributed by atoms with Crippen LogP contribution in [0.2, 0.25) is 0 Å². The number of anilines is 1. The molecule has 0 aliphatic heterocycles. The second kappa shape index (κ2) is 4.57. The lowest BCUT2D eigenvalue weighted by atomic mass is 10.1. The van der Waals surface area contributed by atoms with Crippen LogP contribution in [0.4, 0.5) is 5.69 Å². The molecule has 0 unspecified atom stereocenters. The van der Waals surface area contributed by atoms with E-state index in [-0.39, 0.29) is 11.6 Å². The minimum absolute atomic E-state index is 0.270. The van der Waals surface area contributed by atoms with Crippen LogP contribution in [0, 0.1) is 6.92 Å². The largest absolute Gasteiger partial charge is 0.448 e. The molecule has 1 aromatic heterocycles. The Morgan fingerprint density at radius 1 is 1.16 bits per heavy atom. The summed E-state index contributed by atoms with van der Waals surface area (Å²) >= 11 is 0. The van der Waals surface area contributed by atoms with Crippen molar-refractivity contribution in [3.63, 3.8) is 0 Å². The topological polar surface area (TPSA) is 55.1 Å². The van der Waals surface area contributed by atoms with Gasteiger partial charge in [0.05, 0.1) is 0 Å². The van der Waals surface area contributed by atoms with Gasteiger partial charge in [0.25, 0.3) is 5.91 Å². The number of nitrogens with one attached hydrogen (secondary N) is 1. The number of oxazole rings is 1. The van der Waals surface area contributed by atoms with Gasteiger partial charge in [-0.25, -0.2) is 4.98 Å². The number of carbonyl (C=O) groups is 1. The molecule has 0 bridgehead atoms. The predicted molar refractivity (Wildman–Crippen MR) is 73.1 cm³/mol. The molecule has 19 heavy (non-hydrogen) atoms. The molecular formula is C15H12N2O2. The van der Waals surface area contributed by atoms with Crippen LogP contribution in [0.15, 0.2) is 53.1 Å². The van der Waals surface area contributed by atoms with Crippen LogP contribution in [-0.2, 0) is 0 Å². The van der Waals surface area contributed by atoms with Crippen molar-refractivity contribution in [1.82, 2.24) is 4.98 Å². The highest BCUT2D eigenvalue weighted by Gasteiger charge is 2.11. The lowest BCUT2D eigenvalue weighted by Gasteiger charge is -2.07. The minimum atomic E-state index is -0.270. The lowest BCUT2D eigenvalue weighted by Crippen LogP contribution is -2.12. The molecule has 0 fully saturated rings. The summed E-state index contributed by atoms with van der Waals surface area (Å²) in [5.74, 6) is 0.205. The van der Waals surface area contributed by atoms with Crippen molar-refractivity contribution in [2.45, 2.75) is 6.92 Å². The van der Waals surface area contributed by atoms with Gasteiger partial charge in [-0.05, 0) is 11.5 Å². The SMILES string of the molecule is Cc1nc(C(=O)Nc2cccc3ccccc23)co1. The molecule has 0 atom stereocenters. The highest BCUT2D eigenvalue weighted by Crippen LogP contribution is 2.23. The standard InChI is InChI=1S/C15H12N2O2/c1-10-16-14(9-19-10)15(18)17-13-8-4-6-11-5-2-3-7-12(11)13/h2-9H,1H3,(H,17,18). The van der Waals surface area contributed by atoms with Crippen LogP contribution in [0.1, 0.15) is 16.4 Å². The van der Waals surface area contributed by atoms with Gasteiger partial charge in [0.15, 0.2) is 11.6 Å². The maximum atomic E-state index is 12.0. The van der Waals surface area contributed by atoms with Gasteiger partial charge in [-0.3, -0.25) is 4.79 Å². The van der Waals surface area contributed by atoms with Gasteiger partial charge in [-0.2, -0.15) is 0 Å². The number of carbonyl (C=O) groups excluding carboxylic acids is 1. The highest BCUT2D eigenvalue weighted by molar-refractivity contribution is 6.08. The number of aryl methyl sites for hydroxylation is 1. The first kappa shape index (κ1) is 11.5. The van der Waals surface area contributed by atoms with Crippen LogP contribution in [0.5, 0.6) is 0 Å².